The number of imide groups is 1. The van der Waals surface area contributed by atoms with Crippen molar-refractivity contribution in [3.05, 3.63) is 95.8 Å². The normalized spacial score (nSPS) is 11.2. The van der Waals surface area contributed by atoms with E-state index in [0.29, 0.717) is 22.6 Å². The number of nitrogens with two attached hydrogens (primary N) is 1. The molecule has 1 aromatic heterocycles. The Balaban J connectivity index is 1.68. The lowest BCUT2D eigenvalue weighted by molar-refractivity contribution is -0.130. The van der Waals surface area contributed by atoms with Crippen LogP contribution in [0.25, 0.3) is 17.7 Å². The highest BCUT2D eigenvalue weighted by Gasteiger charge is 2.11. The Morgan fingerprint density at radius 3 is 2.16 bits per heavy atom. The van der Waals surface area contributed by atoms with Gasteiger partial charge in [-0.3, -0.25) is 15.1 Å². The van der Waals surface area contributed by atoms with Crippen LogP contribution in [-0.2, 0) is 9.59 Å². The number of aliphatic carboxylic acids is 1. The summed E-state index contributed by atoms with van der Waals surface area (Å²) in [6.45, 7) is 0. The quantitative estimate of drug-likeness (QED) is 0.491. The molecule has 0 aliphatic carbocycles. The Morgan fingerprint density at radius 2 is 1.59 bits per heavy atom. The second-order valence-corrected chi connectivity index (χ2v) is 6.53. The number of hydrogen-bond acceptors (Lipinski definition) is 5. The number of aromatic nitrogens is 1. The predicted molar refractivity (Wildman–Crippen MR) is 119 cm³/mol. The van der Waals surface area contributed by atoms with Gasteiger partial charge in [0.2, 0.25) is 0 Å². The number of carboxylic acids is 1. The van der Waals surface area contributed by atoms with Gasteiger partial charge in [-0.2, -0.15) is 0 Å². The molecule has 8 heteroatoms. The number of primary amides is 1. The number of nitrogens with zero attached hydrogens (tertiary/aromatic N) is 1. The number of carbonyl (C=O) groups excluding carboxylic acids is 2. The van der Waals surface area contributed by atoms with E-state index in [0.717, 1.165) is 5.56 Å². The first-order valence-corrected chi connectivity index (χ1v) is 9.42. The lowest BCUT2D eigenvalue weighted by atomic mass is 10.0. The van der Waals surface area contributed by atoms with Gasteiger partial charge in [-0.1, -0.05) is 30.3 Å². The Hall–Kier alpha value is -4.72. The first-order valence-electron chi connectivity index (χ1n) is 9.42. The van der Waals surface area contributed by atoms with Gasteiger partial charge < -0.3 is 15.6 Å². The zero-order valence-electron chi connectivity index (χ0n) is 16.8. The summed E-state index contributed by atoms with van der Waals surface area (Å²) in [7, 11) is 0. The Bertz CT molecular complexity index is 1170. The van der Waals surface area contributed by atoms with Crippen LogP contribution in [0.5, 0.6) is 11.5 Å². The van der Waals surface area contributed by atoms with Crippen molar-refractivity contribution in [2.45, 2.75) is 0 Å². The van der Waals surface area contributed by atoms with Gasteiger partial charge >= 0.3 is 12.0 Å². The number of pyridine rings is 1. The minimum atomic E-state index is -1.05. The SMILES string of the molecule is NC(=O)NC(=O)/C=C/c1ccc(Oc2ccc(/C(=C\c3cccnc3)C(=O)O)cc2)cc1. The first-order chi connectivity index (χ1) is 15.4. The van der Waals surface area contributed by atoms with E-state index in [2.05, 4.69) is 4.98 Å². The molecule has 2 aromatic carbocycles. The number of benzene rings is 2. The van der Waals surface area contributed by atoms with E-state index in [4.69, 9.17) is 10.5 Å². The maximum Gasteiger partial charge on any atom is 0.336 e. The number of urea groups is 1. The van der Waals surface area contributed by atoms with E-state index in [1.165, 1.54) is 12.2 Å². The molecule has 0 saturated carbocycles. The van der Waals surface area contributed by atoms with Crippen molar-refractivity contribution in [3.63, 3.8) is 0 Å². The van der Waals surface area contributed by atoms with E-state index in [-0.39, 0.29) is 5.57 Å². The van der Waals surface area contributed by atoms with Crippen molar-refractivity contribution in [3.8, 4) is 11.5 Å². The molecule has 0 aliphatic rings. The molecular formula is C24H19N3O5. The van der Waals surface area contributed by atoms with Crippen molar-refractivity contribution in [2.75, 3.05) is 0 Å². The second kappa shape index (κ2) is 10.4. The van der Waals surface area contributed by atoms with Gasteiger partial charge in [0, 0.05) is 18.5 Å². The molecule has 3 rings (SSSR count). The monoisotopic (exact) mass is 429 g/mol. The molecule has 0 radical (unpaired) electrons. The molecule has 0 saturated heterocycles. The van der Waals surface area contributed by atoms with E-state index in [1.54, 1.807) is 79.1 Å². The number of hydrogen-bond donors (Lipinski definition) is 3. The zero-order valence-corrected chi connectivity index (χ0v) is 16.8. The third kappa shape index (κ3) is 6.39. The summed E-state index contributed by atoms with van der Waals surface area (Å²) in [6.07, 6.45) is 7.48. The van der Waals surface area contributed by atoms with Crippen LogP contribution in [-0.4, -0.2) is 28.0 Å². The average molecular weight is 429 g/mol. The van der Waals surface area contributed by atoms with Crippen molar-refractivity contribution in [1.29, 1.82) is 0 Å². The number of amides is 3. The zero-order chi connectivity index (χ0) is 22.9. The third-order valence-corrected chi connectivity index (χ3v) is 4.18. The topological polar surface area (TPSA) is 132 Å². The largest absolute Gasteiger partial charge is 0.478 e. The van der Waals surface area contributed by atoms with E-state index < -0.39 is 17.9 Å². The molecule has 0 bridgehead atoms. The lowest BCUT2D eigenvalue weighted by Crippen LogP contribution is -2.33. The summed E-state index contributed by atoms with van der Waals surface area (Å²) in [5.74, 6) is -0.572. The van der Waals surface area contributed by atoms with E-state index in [9.17, 15) is 19.5 Å². The number of carboxylic acid groups (broad SMARTS) is 1. The summed E-state index contributed by atoms with van der Waals surface area (Å²) in [5, 5.41) is 11.5. The van der Waals surface area contributed by atoms with Crippen molar-refractivity contribution in [1.82, 2.24) is 10.3 Å². The van der Waals surface area contributed by atoms with Gasteiger partial charge in [0.15, 0.2) is 0 Å². The fourth-order valence-corrected chi connectivity index (χ4v) is 2.72. The minimum Gasteiger partial charge on any atom is -0.478 e. The molecular weight excluding hydrogens is 410 g/mol. The highest BCUT2D eigenvalue weighted by Crippen LogP contribution is 2.25. The third-order valence-electron chi connectivity index (χ3n) is 4.18. The summed E-state index contributed by atoms with van der Waals surface area (Å²) < 4.78 is 5.78. The molecule has 8 nitrogen and oxygen atoms in total. The molecule has 1 heterocycles. The van der Waals surface area contributed by atoms with Gasteiger partial charge in [0.25, 0.3) is 5.91 Å². The van der Waals surface area contributed by atoms with Crippen LogP contribution in [0.3, 0.4) is 0 Å². The lowest BCUT2D eigenvalue weighted by Gasteiger charge is -2.08. The average Bonchev–Trinajstić information content (AvgIpc) is 2.78. The number of carbonyl (C=O) groups is 3. The van der Waals surface area contributed by atoms with Crippen LogP contribution >= 0.6 is 0 Å². The van der Waals surface area contributed by atoms with E-state index in [1.807, 2.05) is 5.32 Å². The van der Waals surface area contributed by atoms with Crippen molar-refractivity contribution >= 4 is 35.6 Å². The van der Waals surface area contributed by atoms with Crippen LogP contribution in [0.1, 0.15) is 16.7 Å². The minimum absolute atomic E-state index is 0.140. The number of ether oxygens (including phenoxy) is 1. The maximum absolute atomic E-state index is 11.7. The maximum atomic E-state index is 11.7. The summed E-state index contributed by atoms with van der Waals surface area (Å²) in [5.41, 5.74) is 6.95. The molecule has 3 aromatic rings. The van der Waals surface area contributed by atoms with Gasteiger partial charge in [0.1, 0.15) is 11.5 Å². The molecule has 0 fully saturated rings. The van der Waals surface area contributed by atoms with Crippen LogP contribution in [0, 0.1) is 0 Å². The van der Waals surface area contributed by atoms with E-state index >= 15 is 0 Å². The molecule has 4 N–H and O–H groups in total. The molecule has 160 valence electrons. The summed E-state index contributed by atoms with van der Waals surface area (Å²) >= 11 is 0. The molecule has 32 heavy (non-hydrogen) atoms. The number of rotatable bonds is 7. The highest BCUT2D eigenvalue weighted by molar-refractivity contribution is 6.20. The first kappa shape index (κ1) is 22.0. The van der Waals surface area contributed by atoms with Crippen molar-refractivity contribution in [2.24, 2.45) is 5.73 Å². The van der Waals surface area contributed by atoms with Gasteiger partial charge in [-0.15, -0.1) is 0 Å². The second-order valence-electron chi connectivity index (χ2n) is 6.53. The molecule has 3 amide bonds. The van der Waals surface area contributed by atoms with Crippen LogP contribution in [0.4, 0.5) is 4.79 Å². The van der Waals surface area contributed by atoms with Crippen LogP contribution < -0.4 is 15.8 Å². The van der Waals surface area contributed by atoms with Gasteiger partial charge in [-0.25, -0.2) is 9.59 Å². The Kier molecular flexibility index (Phi) is 7.11. The fourth-order valence-electron chi connectivity index (χ4n) is 2.72. The predicted octanol–water partition coefficient (Wildman–Crippen LogP) is 3.71. The smallest absolute Gasteiger partial charge is 0.336 e. The Morgan fingerprint density at radius 1 is 0.938 bits per heavy atom. The summed E-state index contributed by atoms with van der Waals surface area (Å²) in [6, 6.07) is 16.2. The Labute approximate surface area is 183 Å². The molecule has 0 atom stereocenters. The molecule has 0 unspecified atom stereocenters. The number of nitrogens with one attached hydrogen (secondary N) is 1. The standard InChI is InChI=1S/C24H19N3O5/c25-24(31)27-22(28)12-5-16-3-8-19(9-4-16)32-20-10-6-18(7-11-20)21(23(29)30)14-17-2-1-13-26-15-17/h1-15H,(H,29,30)(H3,25,27,28,31)/b12-5+,21-14+. The van der Waals surface area contributed by atoms with Crippen LogP contribution in [0.15, 0.2) is 79.1 Å². The summed E-state index contributed by atoms with van der Waals surface area (Å²) in [4.78, 5) is 37.7. The van der Waals surface area contributed by atoms with Gasteiger partial charge in [-0.05, 0) is 59.2 Å². The fraction of sp³-hybridized carbons (Fsp3) is 0. The van der Waals surface area contributed by atoms with Crippen LogP contribution in [0.2, 0.25) is 0 Å². The van der Waals surface area contributed by atoms with Crippen molar-refractivity contribution < 1.29 is 24.2 Å². The molecule has 0 spiro atoms. The molecule has 0 aliphatic heterocycles. The highest BCUT2D eigenvalue weighted by atomic mass is 16.5. The van der Waals surface area contributed by atoms with Gasteiger partial charge in [0.05, 0.1) is 5.57 Å².